The highest BCUT2D eigenvalue weighted by Crippen LogP contribution is 2.25. The predicted octanol–water partition coefficient (Wildman–Crippen LogP) is 2.78. The van der Waals surface area contributed by atoms with Gasteiger partial charge >= 0.3 is 0 Å². The zero-order valence-electron chi connectivity index (χ0n) is 15.6. The first-order valence-electron chi connectivity index (χ1n) is 9.23. The van der Waals surface area contributed by atoms with Gasteiger partial charge in [0.2, 0.25) is 5.91 Å². The highest BCUT2D eigenvalue weighted by molar-refractivity contribution is 5.87. The molecule has 1 amide bonds. The molecule has 28 heavy (non-hydrogen) atoms. The SMILES string of the molecule is Cc1c(CNCCc2nc3ccc(F)cc3[nH]2)c2ccccc2n1CC(N)=O. The molecule has 4 N–H and O–H groups in total. The van der Waals surface area contributed by atoms with Gasteiger partial charge in [0.15, 0.2) is 0 Å². The molecule has 0 saturated heterocycles. The maximum absolute atomic E-state index is 13.3. The van der Waals surface area contributed by atoms with E-state index >= 15 is 0 Å². The zero-order chi connectivity index (χ0) is 19.7. The Hall–Kier alpha value is -3.19. The summed E-state index contributed by atoms with van der Waals surface area (Å²) < 4.78 is 15.3. The predicted molar refractivity (Wildman–Crippen MR) is 107 cm³/mol. The summed E-state index contributed by atoms with van der Waals surface area (Å²) >= 11 is 0. The molecule has 144 valence electrons. The molecule has 0 saturated carbocycles. The van der Waals surface area contributed by atoms with E-state index in [2.05, 4.69) is 21.4 Å². The number of fused-ring (bicyclic) bond motifs is 2. The number of carbonyl (C=O) groups excluding carboxylic acids is 1. The van der Waals surface area contributed by atoms with Crippen molar-refractivity contribution in [3.05, 3.63) is 65.4 Å². The summed E-state index contributed by atoms with van der Waals surface area (Å²) in [6.07, 6.45) is 0.704. The molecule has 0 unspecified atom stereocenters. The number of carbonyl (C=O) groups is 1. The first-order valence-corrected chi connectivity index (χ1v) is 9.23. The first kappa shape index (κ1) is 18.2. The van der Waals surface area contributed by atoms with E-state index in [0.29, 0.717) is 18.5 Å². The summed E-state index contributed by atoms with van der Waals surface area (Å²) in [5.74, 6) is 0.189. The zero-order valence-corrected chi connectivity index (χ0v) is 15.6. The van der Waals surface area contributed by atoms with Crippen LogP contribution in [0, 0.1) is 12.7 Å². The topological polar surface area (TPSA) is 88.7 Å². The Balaban J connectivity index is 1.46. The lowest BCUT2D eigenvalue weighted by Gasteiger charge is -2.07. The molecule has 0 aliphatic carbocycles. The molecule has 0 fully saturated rings. The third-order valence-corrected chi connectivity index (χ3v) is 5.01. The minimum Gasteiger partial charge on any atom is -0.368 e. The Morgan fingerprint density at radius 2 is 2.11 bits per heavy atom. The van der Waals surface area contributed by atoms with E-state index < -0.39 is 0 Å². The number of imidazole rings is 1. The van der Waals surface area contributed by atoms with E-state index in [0.717, 1.165) is 40.0 Å². The Bertz CT molecular complexity index is 1160. The molecule has 0 aliphatic rings. The Morgan fingerprint density at radius 3 is 2.93 bits per heavy atom. The van der Waals surface area contributed by atoms with Crippen molar-refractivity contribution in [2.75, 3.05) is 6.54 Å². The van der Waals surface area contributed by atoms with Gasteiger partial charge in [0.05, 0.1) is 11.0 Å². The van der Waals surface area contributed by atoms with Gasteiger partial charge in [0.25, 0.3) is 0 Å². The van der Waals surface area contributed by atoms with Crippen LogP contribution in [-0.4, -0.2) is 27.0 Å². The van der Waals surface area contributed by atoms with Crippen molar-refractivity contribution >= 4 is 27.8 Å². The number of aromatic amines is 1. The highest BCUT2D eigenvalue weighted by atomic mass is 19.1. The van der Waals surface area contributed by atoms with Gasteiger partial charge in [-0.15, -0.1) is 0 Å². The van der Waals surface area contributed by atoms with Gasteiger partial charge in [-0.1, -0.05) is 18.2 Å². The Labute approximate surface area is 161 Å². The third-order valence-electron chi connectivity index (χ3n) is 5.01. The van der Waals surface area contributed by atoms with Crippen molar-refractivity contribution in [2.24, 2.45) is 5.73 Å². The molecule has 0 aliphatic heterocycles. The maximum atomic E-state index is 13.3. The van der Waals surface area contributed by atoms with Gasteiger partial charge < -0.3 is 20.6 Å². The van der Waals surface area contributed by atoms with Crippen LogP contribution in [0.2, 0.25) is 0 Å². The molecule has 6 nitrogen and oxygen atoms in total. The quantitative estimate of drug-likeness (QED) is 0.432. The van der Waals surface area contributed by atoms with Crippen LogP contribution in [0.3, 0.4) is 0 Å². The fraction of sp³-hybridized carbons (Fsp3) is 0.238. The van der Waals surface area contributed by atoms with Gasteiger partial charge in [-0.05, 0) is 36.8 Å². The van der Waals surface area contributed by atoms with Crippen molar-refractivity contribution in [1.29, 1.82) is 0 Å². The number of hydrogen-bond acceptors (Lipinski definition) is 3. The number of hydrogen-bond donors (Lipinski definition) is 3. The number of nitrogens with two attached hydrogens (primary N) is 1. The summed E-state index contributed by atoms with van der Waals surface area (Å²) in [7, 11) is 0. The second kappa shape index (κ2) is 7.44. The van der Waals surface area contributed by atoms with Gasteiger partial charge in [-0.2, -0.15) is 0 Å². The number of halogens is 1. The molecule has 2 aromatic carbocycles. The number of primary amides is 1. The fourth-order valence-corrected chi connectivity index (χ4v) is 3.66. The van der Waals surface area contributed by atoms with Gasteiger partial charge in [0, 0.05) is 36.1 Å². The van der Waals surface area contributed by atoms with Crippen LogP contribution in [0.15, 0.2) is 42.5 Å². The average Bonchev–Trinajstić information content (AvgIpc) is 3.18. The molecule has 4 rings (SSSR count). The number of H-pyrrole nitrogens is 1. The lowest BCUT2D eigenvalue weighted by atomic mass is 10.1. The van der Waals surface area contributed by atoms with Crippen molar-refractivity contribution in [2.45, 2.75) is 26.4 Å². The molecule has 0 atom stereocenters. The van der Waals surface area contributed by atoms with Crippen molar-refractivity contribution in [1.82, 2.24) is 19.9 Å². The molecule has 4 aromatic rings. The minimum absolute atomic E-state index is 0.169. The number of nitrogens with one attached hydrogen (secondary N) is 2. The molecule has 0 bridgehead atoms. The molecule has 7 heteroatoms. The van der Waals surface area contributed by atoms with E-state index in [1.807, 2.05) is 29.7 Å². The molecular formula is C21H22FN5O. The van der Waals surface area contributed by atoms with E-state index in [4.69, 9.17) is 5.73 Å². The van der Waals surface area contributed by atoms with Crippen LogP contribution in [0.25, 0.3) is 21.9 Å². The molecule has 0 spiro atoms. The molecule has 2 heterocycles. The maximum Gasteiger partial charge on any atom is 0.237 e. The normalized spacial score (nSPS) is 11.5. The summed E-state index contributed by atoms with van der Waals surface area (Å²) in [6.45, 7) is 3.57. The van der Waals surface area contributed by atoms with Crippen LogP contribution in [-0.2, 0) is 24.3 Å². The lowest BCUT2D eigenvalue weighted by molar-refractivity contribution is -0.118. The monoisotopic (exact) mass is 379 g/mol. The van der Waals surface area contributed by atoms with Gasteiger partial charge in [-0.3, -0.25) is 4.79 Å². The van der Waals surface area contributed by atoms with Crippen LogP contribution in [0.4, 0.5) is 4.39 Å². The average molecular weight is 379 g/mol. The second-order valence-electron chi connectivity index (χ2n) is 6.91. The van der Waals surface area contributed by atoms with Crippen LogP contribution < -0.4 is 11.1 Å². The second-order valence-corrected chi connectivity index (χ2v) is 6.91. The van der Waals surface area contributed by atoms with E-state index in [1.165, 1.54) is 12.1 Å². The number of benzene rings is 2. The summed E-state index contributed by atoms with van der Waals surface area (Å²) in [6, 6.07) is 12.6. The van der Waals surface area contributed by atoms with Crippen LogP contribution in [0.5, 0.6) is 0 Å². The number of nitrogens with zero attached hydrogens (tertiary/aromatic N) is 2. The van der Waals surface area contributed by atoms with E-state index in [-0.39, 0.29) is 18.3 Å². The molecule has 2 aromatic heterocycles. The largest absolute Gasteiger partial charge is 0.368 e. The van der Waals surface area contributed by atoms with E-state index in [1.54, 1.807) is 6.07 Å². The van der Waals surface area contributed by atoms with Crippen molar-refractivity contribution in [3.63, 3.8) is 0 Å². The summed E-state index contributed by atoms with van der Waals surface area (Å²) in [5.41, 5.74) is 10.1. The standard InChI is InChI=1S/C21H22FN5O/c1-13-16(15-4-2-3-5-19(15)27(13)12-20(23)28)11-24-9-8-21-25-17-7-6-14(22)10-18(17)26-21/h2-7,10,24H,8-9,11-12H2,1H3,(H2,23,28)(H,25,26). The highest BCUT2D eigenvalue weighted by Gasteiger charge is 2.14. The van der Waals surface area contributed by atoms with Crippen molar-refractivity contribution < 1.29 is 9.18 Å². The minimum atomic E-state index is -0.357. The Kier molecular flexibility index (Phi) is 4.83. The molecule has 0 radical (unpaired) electrons. The summed E-state index contributed by atoms with van der Waals surface area (Å²) in [5, 5.41) is 4.56. The smallest absolute Gasteiger partial charge is 0.237 e. The number of para-hydroxylation sites is 1. The Morgan fingerprint density at radius 1 is 1.29 bits per heavy atom. The lowest BCUT2D eigenvalue weighted by Crippen LogP contribution is -2.20. The number of amides is 1. The number of rotatable bonds is 7. The third kappa shape index (κ3) is 3.48. The van der Waals surface area contributed by atoms with Gasteiger partial charge in [0.1, 0.15) is 18.2 Å². The van der Waals surface area contributed by atoms with Crippen LogP contribution >= 0.6 is 0 Å². The van der Waals surface area contributed by atoms with Crippen LogP contribution in [0.1, 0.15) is 17.1 Å². The van der Waals surface area contributed by atoms with Gasteiger partial charge in [-0.25, -0.2) is 9.37 Å². The van der Waals surface area contributed by atoms with Crippen molar-refractivity contribution in [3.8, 4) is 0 Å². The number of aromatic nitrogens is 3. The molecular weight excluding hydrogens is 357 g/mol. The van der Waals surface area contributed by atoms with E-state index in [9.17, 15) is 9.18 Å². The fourth-order valence-electron chi connectivity index (χ4n) is 3.66. The first-order chi connectivity index (χ1) is 13.5. The summed E-state index contributed by atoms with van der Waals surface area (Å²) in [4.78, 5) is 19.1.